The number of nitrogen functional groups attached to an aromatic ring is 1. The number of anilines is 1. The molecule has 1 rings (SSSR count). The highest BCUT2D eigenvalue weighted by Crippen LogP contribution is 2.24. The number of nitrogens with zero attached hydrogens (tertiary/aromatic N) is 1. The summed E-state index contributed by atoms with van der Waals surface area (Å²) in [6.07, 6.45) is 0. The third-order valence-electron chi connectivity index (χ3n) is 2.64. The molecule has 0 bridgehead atoms. The van der Waals surface area contributed by atoms with Crippen molar-refractivity contribution in [2.45, 2.75) is 11.8 Å². The van der Waals surface area contributed by atoms with Crippen LogP contribution in [0, 0.1) is 5.82 Å². The van der Waals surface area contributed by atoms with Gasteiger partial charge in [-0.15, -0.1) is 0 Å². The molecule has 1 amide bonds. The standard InChI is InChI=1S/C11H15ClFN3O3S/c1-3-16(2)10(17)6-15-20(18,19)9-5-7(12)4-8(14)11(9)13/h4-5,15H,3,6,14H2,1-2H3. The minimum absolute atomic E-state index is 0.0127. The third kappa shape index (κ3) is 3.81. The van der Waals surface area contributed by atoms with Gasteiger partial charge in [0.15, 0.2) is 5.82 Å². The van der Waals surface area contributed by atoms with Crippen molar-refractivity contribution in [3.8, 4) is 0 Å². The summed E-state index contributed by atoms with van der Waals surface area (Å²) in [4.78, 5) is 12.2. The van der Waals surface area contributed by atoms with Crippen LogP contribution in [-0.2, 0) is 14.8 Å². The summed E-state index contributed by atoms with van der Waals surface area (Å²) in [5.41, 5.74) is 4.94. The molecule has 0 spiro atoms. The Balaban J connectivity index is 2.98. The fourth-order valence-electron chi connectivity index (χ4n) is 1.33. The van der Waals surface area contributed by atoms with Gasteiger partial charge in [0.05, 0.1) is 12.2 Å². The Hall–Kier alpha value is -1.38. The minimum atomic E-state index is -4.21. The fourth-order valence-corrected chi connectivity index (χ4v) is 2.72. The van der Waals surface area contributed by atoms with E-state index in [0.717, 1.165) is 12.1 Å². The zero-order valence-electron chi connectivity index (χ0n) is 11.0. The lowest BCUT2D eigenvalue weighted by Crippen LogP contribution is -2.38. The van der Waals surface area contributed by atoms with Gasteiger partial charge in [0.1, 0.15) is 4.90 Å². The van der Waals surface area contributed by atoms with Crippen LogP contribution in [0.2, 0.25) is 5.02 Å². The molecule has 0 saturated heterocycles. The Morgan fingerprint density at radius 1 is 1.50 bits per heavy atom. The lowest BCUT2D eigenvalue weighted by atomic mass is 10.3. The maximum Gasteiger partial charge on any atom is 0.244 e. The van der Waals surface area contributed by atoms with Crippen molar-refractivity contribution in [2.24, 2.45) is 0 Å². The van der Waals surface area contributed by atoms with Gasteiger partial charge in [-0.25, -0.2) is 17.5 Å². The fraction of sp³-hybridized carbons (Fsp3) is 0.364. The predicted octanol–water partition coefficient (Wildman–Crippen LogP) is 0.818. The van der Waals surface area contributed by atoms with Gasteiger partial charge in [0.25, 0.3) is 0 Å². The van der Waals surface area contributed by atoms with Gasteiger partial charge < -0.3 is 10.6 Å². The van der Waals surface area contributed by atoms with Crippen LogP contribution >= 0.6 is 11.6 Å². The number of sulfonamides is 1. The Kier molecular flexibility index (Phi) is 5.32. The van der Waals surface area contributed by atoms with Crippen LogP contribution in [0.5, 0.6) is 0 Å². The molecule has 0 heterocycles. The Labute approximate surface area is 121 Å². The van der Waals surface area contributed by atoms with Crippen molar-refractivity contribution in [3.63, 3.8) is 0 Å². The number of nitrogens with one attached hydrogen (secondary N) is 1. The number of hydrogen-bond donors (Lipinski definition) is 2. The molecule has 112 valence electrons. The quantitative estimate of drug-likeness (QED) is 0.785. The topological polar surface area (TPSA) is 92.5 Å². The second-order valence-corrected chi connectivity index (χ2v) is 6.21. The average molecular weight is 324 g/mol. The highest BCUT2D eigenvalue weighted by Gasteiger charge is 2.23. The van der Waals surface area contributed by atoms with E-state index in [9.17, 15) is 17.6 Å². The first-order valence-electron chi connectivity index (χ1n) is 5.67. The number of amides is 1. The van der Waals surface area contributed by atoms with Gasteiger partial charge in [0.2, 0.25) is 15.9 Å². The van der Waals surface area contributed by atoms with Crippen molar-refractivity contribution in [3.05, 3.63) is 23.0 Å². The lowest BCUT2D eigenvalue weighted by molar-refractivity contribution is -0.128. The molecule has 0 fully saturated rings. The molecular weight excluding hydrogens is 309 g/mol. The van der Waals surface area contributed by atoms with Gasteiger partial charge >= 0.3 is 0 Å². The first kappa shape index (κ1) is 16.7. The number of benzene rings is 1. The summed E-state index contributed by atoms with van der Waals surface area (Å²) >= 11 is 5.65. The number of carbonyl (C=O) groups is 1. The summed E-state index contributed by atoms with van der Waals surface area (Å²) in [5, 5.41) is -0.0127. The van der Waals surface area contributed by atoms with Crippen LogP contribution in [0.1, 0.15) is 6.92 Å². The van der Waals surface area contributed by atoms with Crippen LogP contribution in [0.15, 0.2) is 17.0 Å². The molecule has 3 N–H and O–H groups in total. The van der Waals surface area contributed by atoms with E-state index in [1.54, 1.807) is 6.92 Å². The van der Waals surface area contributed by atoms with Crippen LogP contribution in [0.25, 0.3) is 0 Å². The number of nitrogens with two attached hydrogens (primary N) is 1. The van der Waals surface area contributed by atoms with Gasteiger partial charge in [-0.05, 0) is 19.1 Å². The van der Waals surface area contributed by atoms with E-state index in [-0.39, 0.29) is 10.7 Å². The molecule has 9 heteroatoms. The van der Waals surface area contributed by atoms with Gasteiger partial charge in [0, 0.05) is 18.6 Å². The van der Waals surface area contributed by atoms with Gasteiger partial charge in [-0.3, -0.25) is 4.79 Å². The monoisotopic (exact) mass is 323 g/mol. The number of halogens is 2. The van der Waals surface area contributed by atoms with E-state index < -0.39 is 33.2 Å². The van der Waals surface area contributed by atoms with E-state index in [4.69, 9.17) is 17.3 Å². The van der Waals surface area contributed by atoms with Crippen molar-refractivity contribution < 1.29 is 17.6 Å². The van der Waals surface area contributed by atoms with Crippen molar-refractivity contribution in [1.82, 2.24) is 9.62 Å². The second kappa shape index (κ2) is 6.38. The normalized spacial score (nSPS) is 11.4. The smallest absolute Gasteiger partial charge is 0.244 e. The Bertz CT molecular complexity index is 622. The number of likely N-dealkylation sites (N-methyl/N-ethyl adjacent to an activating group) is 1. The molecule has 0 aliphatic rings. The summed E-state index contributed by atoms with van der Waals surface area (Å²) in [6, 6.07) is 2.04. The van der Waals surface area contributed by atoms with Gasteiger partial charge in [-0.2, -0.15) is 0 Å². The molecule has 0 saturated carbocycles. The van der Waals surface area contributed by atoms with E-state index >= 15 is 0 Å². The van der Waals surface area contributed by atoms with Crippen LogP contribution in [-0.4, -0.2) is 39.4 Å². The zero-order chi connectivity index (χ0) is 15.5. The van der Waals surface area contributed by atoms with E-state index in [1.165, 1.54) is 11.9 Å². The third-order valence-corrected chi connectivity index (χ3v) is 4.25. The molecule has 0 atom stereocenters. The van der Waals surface area contributed by atoms with E-state index in [1.807, 2.05) is 4.72 Å². The Morgan fingerprint density at radius 2 is 2.10 bits per heavy atom. The van der Waals surface area contributed by atoms with Crippen LogP contribution in [0.4, 0.5) is 10.1 Å². The zero-order valence-corrected chi connectivity index (χ0v) is 12.6. The first-order valence-corrected chi connectivity index (χ1v) is 7.53. The van der Waals surface area contributed by atoms with Crippen molar-refractivity contribution in [2.75, 3.05) is 25.9 Å². The average Bonchev–Trinajstić information content (AvgIpc) is 2.39. The largest absolute Gasteiger partial charge is 0.396 e. The maximum absolute atomic E-state index is 13.7. The van der Waals surface area contributed by atoms with E-state index in [0.29, 0.717) is 6.54 Å². The van der Waals surface area contributed by atoms with Crippen molar-refractivity contribution in [1.29, 1.82) is 0 Å². The molecule has 0 unspecified atom stereocenters. The number of carbonyl (C=O) groups excluding carboxylic acids is 1. The van der Waals surface area contributed by atoms with Crippen LogP contribution in [0.3, 0.4) is 0 Å². The predicted molar refractivity (Wildman–Crippen MR) is 74.3 cm³/mol. The lowest BCUT2D eigenvalue weighted by Gasteiger charge is -2.15. The molecule has 0 aliphatic carbocycles. The maximum atomic E-state index is 13.7. The highest BCUT2D eigenvalue weighted by molar-refractivity contribution is 7.89. The molecule has 1 aromatic rings. The van der Waals surface area contributed by atoms with Gasteiger partial charge in [-0.1, -0.05) is 11.6 Å². The molecule has 0 radical (unpaired) electrons. The Morgan fingerprint density at radius 3 is 2.65 bits per heavy atom. The number of rotatable bonds is 5. The SMILES string of the molecule is CCN(C)C(=O)CNS(=O)(=O)c1cc(Cl)cc(N)c1F. The van der Waals surface area contributed by atoms with E-state index in [2.05, 4.69) is 0 Å². The number of hydrogen-bond acceptors (Lipinski definition) is 4. The molecular formula is C11H15ClFN3O3S. The van der Waals surface area contributed by atoms with Crippen molar-refractivity contribution >= 4 is 33.2 Å². The second-order valence-electron chi connectivity index (χ2n) is 4.04. The summed E-state index contributed by atoms with van der Waals surface area (Å²) < 4.78 is 39.6. The summed E-state index contributed by atoms with van der Waals surface area (Å²) in [6.45, 7) is 1.70. The summed E-state index contributed by atoms with van der Waals surface area (Å²) in [7, 11) is -2.69. The van der Waals surface area contributed by atoms with Crippen LogP contribution < -0.4 is 10.5 Å². The molecule has 1 aromatic carbocycles. The molecule has 0 aliphatic heterocycles. The molecule has 0 aromatic heterocycles. The summed E-state index contributed by atoms with van der Waals surface area (Å²) in [5.74, 6) is -1.54. The molecule has 6 nitrogen and oxygen atoms in total. The highest BCUT2D eigenvalue weighted by atomic mass is 35.5. The molecule has 20 heavy (non-hydrogen) atoms. The first-order chi connectivity index (χ1) is 9.19. The minimum Gasteiger partial charge on any atom is -0.396 e.